The first kappa shape index (κ1) is 22.1. The number of benzene rings is 1. The number of carboxylic acid groups (broad SMARTS) is 2. The fourth-order valence-electron chi connectivity index (χ4n) is 2.70. The molecule has 0 fully saturated rings. The van der Waals surface area contributed by atoms with Gasteiger partial charge in [-0.2, -0.15) is 9.97 Å². The van der Waals surface area contributed by atoms with Gasteiger partial charge < -0.3 is 31.1 Å². The molecule has 0 spiro atoms. The summed E-state index contributed by atoms with van der Waals surface area (Å²) in [5, 5.41) is 42.2. The van der Waals surface area contributed by atoms with Crippen LogP contribution in [0.15, 0.2) is 30.5 Å². The van der Waals surface area contributed by atoms with Crippen LogP contribution in [0.3, 0.4) is 0 Å². The molecule has 0 saturated heterocycles. The van der Waals surface area contributed by atoms with Gasteiger partial charge in [0.05, 0.1) is 18.4 Å². The van der Waals surface area contributed by atoms with Gasteiger partial charge in [-0.3, -0.25) is 9.59 Å². The van der Waals surface area contributed by atoms with Crippen molar-refractivity contribution >= 4 is 34.7 Å². The molecular formula is C19H18N6O7. The Morgan fingerprint density at radius 1 is 1.00 bits per heavy atom. The van der Waals surface area contributed by atoms with E-state index in [1.807, 2.05) is 0 Å². The minimum atomic E-state index is -1.32. The van der Waals surface area contributed by atoms with Crippen molar-refractivity contribution in [1.29, 1.82) is 0 Å². The molecule has 1 aromatic carbocycles. The Kier molecular flexibility index (Phi) is 6.58. The molecule has 32 heavy (non-hydrogen) atoms. The predicted molar refractivity (Wildman–Crippen MR) is 108 cm³/mol. The highest BCUT2D eigenvalue weighted by atomic mass is 16.4. The van der Waals surface area contributed by atoms with Crippen molar-refractivity contribution in [3.63, 3.8) is 0 Å². The molecule has 6 N–H and O–H groups in total. The second-order valence-electron chi connectivity index (χ2n) is 6.61. The maximum absolute atomic E-state index is 12.3. The smallest absolute Gasteiger partial charge is 0.326 e. The number of hydrogen-bond acceptors (Lipinski definition) is 10. The van der Waals surface area contributed by atoms with Crippen LogP contribution in [0.5, 0.6) is 11.9 Å². The molecule has 0 aliphatic rings. The maximum atomic E-state index is 12.3. The normalized spacial score (nSPS) is 11.6. The number of anilines is 1. The Morgan fingerprint density at radius 2 is 1.72 bits per heavy atom. The third-order valence-corrected chi connectivity index (χ3v) is 4.30. The fraction of sp³-hybridized carbons (Fsp3) is 0.211. The number of carbonyl (C=O) groups excluding carboxylic acids is 1. The van der Waals surface area contributed by atoms with Crippen LogP contribution in [0.2, 0.25) is 0 Å². The molecule has 0 aliphatic heterocycles. The van der Waals surface area contributed by atoms with Crippen LogP contribution in [0.25, 0.3) is 11.2 Å². The summed E-state index contributed by atoms with van der Waals surface area (Å²) in [6.07, 6.45) is 0.785. The number of aromatic hydroxyl groups is 2. The van der Waals surface area contributed by atoms with Crippen LogP contribution in [0.4, 0.5) is 5.69 Å². The zero-order chi connectivity index (χ0) is 23.3. The van der Waals surface area contributed by atoms with E-state index >= 15 is 0 Å². The molecule has 0 aliphatic carbocycles. The molecule has 3 rings (SSSR count). The van der Waals surface area contributed by atoms with Crippen LogP contribution in [-0.4, -0.2) is 64.2 Å². The van der Waals surface area contributed by atoms with Crippen molar-refractivity contribution in [2.75, 3.05) is 5.32 Å². The first-order valence-electron chi connectivity index (χ1n) is 9.24. The van der Waals surface area contributed by atoms with Gasteiger partial charge in [0.2, 0.25) is 5.88 Å². The van der Waals surface area contributed by atoms with Crippen molar-refractivity contribution in [2.45, 2.75) is 25.4 Å². The Morgan fingerprint density at radius 3 is 2.38 bits per heavy atom. The van der Waals surface area contributed by atoms with Gasteiger partial charge in [0.15, 0.2) is 11.2 Å². The monoisotopic (exact) mass is 442 g/mol. The zero-order valence-corrected chi connectivity index (χ0v) is 16.4. The lowest BCUT2D eigenvalue weighted by Crippen LogP contribution is -2.41. The first-order valence-corrected chi connectivity index (χ1v) is 9.24. The molecular weight excluding hydrogens is 424 g/mol. The van der Waals surface area contributed by atoms with E-state index in [0.29, 0.717) is 11.4 Å². The molecule has 166 valence electrons. The van der Waals surface area contributed by atoms with Gasteiger partial charge in [-0.05, 0) is 30.7 Å². The Labute approximate surface area is 179 Å². The molecule has 0 radical (unpaired) electrons. The van der Waals surface area contributed by atoms with Crippen molar-refractivity contribution in [3.05, 3.63) is 41.7 Å². The lowest BCUT2D eigenvalue weighted by molar-refractivity contribution is -0.140. The Balaban J connectivity index is 1.62. The summed E-state index contributed by atoms with van der Waals surface area (Å²) >= 11 is 0. The number of carbonyl (C=O) groups is 3. The van der Waals surface area contributed by atoms with E-state index in [2.05, 4.69) is 30.6 Å². The number of nitrogens with zero attached hydrogens (tertiary/aromatic N) is 4. The fourth-order valence-corrected chi connectivity index (χ4v) is 2.70. The number of rotatable bonds is 9. The van der Waals surface area contributed by atoms with Crippen molar-refractivity contribution in [3.8, 4) is 11.9 Å². The second-order valence-corrected chi connectivity index (χ2v) is 6.61. The molecule has 13 nitrogen and oxygen atoms in total. The van der Waals surface area contributed by atoms with E-state index in [-0.39, 0.29) is 36.1 Å². The van der Waals surface area contributed by atoms with Gasteiger partial charge in [-0.15, -0.1) is 0 Å². The third-order valence-electron chi connectivity index (χ3n) is 4.30. The number of amides is 1. The van der Waals surface area contributed by atoms with E-state index < -0.39 is 35.8 Å². The lowest BCUT2D eigenvalue weighted by Gasteiger charge is -2.14. The van der Waals surface area contributed by atoms with E-state index in [1.54, 1.807) is 12.1 Å². The van der Waals surface area contributed by atoms with Crippen LogP contribution in [0.1, 0.15) is 28.9 Å². The molecule has 1 atom stereocenters. The van der Waals surface area contributed by atoms with Gasteiger partial charge in [0, 0.05) is 17.7 Å². The molecule has 1 amide bonds. The van der Waals surface area contributed by atoms with Gasteiger partial charge >= 0.3 is 17.9 Å². The average molecular weight is 442 g/mol. The average Bonchev–Trinajstić information content (AvgIpc) is 2.74. The molecule has 13 heteroatoms. The Bertz CT molecular complexity index is 1170. The molecule has 0 saturated carbocycles. The topological polar surface area (TPSA) is 208 Å². The number of aliphatic carboxylic acids is 2. The summed E-state index contributed by atoms with van der Waals surface area (Å²) < 4.78 is 0. The van der Waals surface area contributed by atoms with Crippen LogP contribution < -0.4 is 10.6 Å². The third kappa shape index (κ3) is 5.53. The maximum Gasteiger partial charge on any atom is 0.326 e. The number of fused-ring (bicyclic) bond motifs is 1. The molecule has 2 heterocycles. The first-order chi connectivity index (χ1) is 15.2. The number of aromatic nitrogens is 4. The quantitative estimate of drug-likeness (QED) is 0.267. The van der Waals surface area contributed by atoms with E-state index in [1.165, 1.54) is 18.3 Å². The molecule has 0 bridgehead atoms. The van der Waals surface area contributed by atoms with Crippen LogP contribution in [-0.2, 0) is 16.1 Å². The lowest BCUT2D eigenvalue weighted by atomic mass is 10.1. The van der Waals surface area contributed by atoms with E-state index in [9.17, 15) is 24.6 Å². The molecule has 1 unspecified atom stereocenters. The van der Waals surface area contributed by atoms with E-state index in [4.69, 9.17) is 10.2 Å². The summed E-state index contributed by atoms with van der Waals surface area (Å²) in [4.78, 5) is 49.4. The molecule has 2 aromatic heterocycles. The number of nitrogens with one attached hydrogen (secondary N) is 2. The summed E-state index contributed by atoms with van der Waals surface area (Å²) in [6.45, 7) is 0.219. The standard InChI is InChI=1S/C19H18N6O7/c26-13(27)6-5-12(18(30)31)23-16(28)9-1-3-10(4-2-9)20-7-11-8-21-14-15(22-11)24-19(32)25-17(14)29/h1-4,8,12,20H,5-7H2,(H,23,28)(H,26,27)(H,30,31)(H2,22,24,25,29,32). The van der Waals surface area contributed by atoms with Gasteiger partial charge in [-0.25, -0.2) is 14.8 Å². The summed E-state index contributed by atoms with van der Waals surface area (Å²) in [5.41, 5.74) is 1.35. The predicted octanol–water partition coefficient (Wildman–Crippen LogP) is 0.491. The Hall–Kier alpha value is -4.55. The number of carboxylic acids is 2. The summed E-state index contributed by atoms with van der Waals surface area (Å²) in [5.74, 6) is -3.60. The highest BCUT2D eigenvalue weighted by Gasteiger charge is 2.21. The minimum absolute atomic E-state index is 0.0252. The number of hydrogen-bond donors (Lipinski definition) is 6. The van der Waals surface area contributed by atoms with Crippen molar-refractivity contribution < 1.29 is 34.8 Å². The van der Waals surface area contributed by atoms with Crippen LogP contribution >= 0.6 is 0 Å². The van der Waals surface area contributed by atoms with Crippen molar-refractivity contribution in [1.82, 2.24) is 25.3 Å². The highest BCUT2D eigenvalue weighted by molar-refractivity contribution is 5.96. The second kappa shape index (κ2) is 9.51. The van der Waals surface area contributed by atoms with Crippen LogP contribution in [0, 0.1) is 0 Å². The van der Waals surface area contributed by atoms with Gasteiger partial charge in [0.25, 0.3) is 5.91 Å². The summed E-state index contributed by atoms with van der Waals surface area (Å²) in [7, 11) is 0. The summed E-state index contributed by atoms with van der Waals surface area (Å²) in [6, 6.07) is 4.20. The van der Waals surface area contributed by atoms with Crippen molar-refractivity contribution in [2.24, 2.45) is 0 Å². The van der Waals surface area contributed by atoms with Gasteiger partial charge in [0.1, 0.15) is 6.04 Å². The molecule has 3 aromatic rings. The highest BCUT2D eigenvalue weighted by Crippen LogP contribution is 2.20. The largest absolute Gasteiger partial charge is 0.492 e. The van der Waals surface area contributed by atoms with Gasteiger partial charge in [-0.1, -0.05) is 0 Å². The van der Waals surface area contributed by atoms with E-state index in [0.717, 1.165) is 0 Å². The zero-order valence-electron chi connectivity index (χ0n) is 16.4. The SMILES string of the molecule is O=C(O)CCC(NC(=O)c1ccc(NCc2cnc3c(O)nc(O)nc3n2)cc1)C(=O)O. The minimum Gasteiger partial charge on any atom is -0.492 e.